The van der Waals surface area contributed by atoms with Gasteiger partial charge in [-0.3, -0.25) is 4.98 Å². The summed E-state index contributed by atoms with van der Waals surface area (Å²) in [6, 6.07) is 6.06. The number of pyridine rings is 1. The van der Waals surface area contributed by atoms with E-state index in [9.17, 15) is 8.42 Å². The predicted molar refractivity (Wildman–Crippen MR) is 93.8 cm³/mol. The lowest BCUT2D eigenvalue weighted by molar-refractivity contribution is 0.400. The van der Waals surface area contributed by atoms with Crippen molar-refractivity contribution in [1.82, 2.24) is 24.5 Å². The molecule has 0 saturated heterocycles. The second-order valence-electron chi connectivity index (χ2n) is 6.00. The van der Waals surface area contributed by atoms with Gasteiger partial charge < -0.3 is 0 Å². The van der Waals surface area contributed by atoms with Gasteiger partial charge in [-0.25, -0.2) is 22.8 Å². The van der Waals surface area contributed by atoms with Crippen LogP contribution in [-0.4, -0.2) is 28.2 Å². The van der Waals surface area contributed by atoms with Gasteiger partial charge in [0.15, 0.2) is 0 Å². The molecule has 9 heteroatoms. The Morgan fingerprint density at radius 1 is 1.32 bits per heavy atom. The van der Waals surface area contributed by atoms with Crippen molar-refractivity contribution in [3.05, 3.63) is 47.1 Å². The van der Waals surface area contributed by atoms with Gasteiger partial charge in [0.25, 0.3) is 0 Å². The number of hydrogen-bond donors (Lipinski definition) is 1. The fourth-order valence-electron chi connectivity index (χ4n) is 3.18. The van der Waals surface area contributed by atoms with Gasteiger partial charge in [0.05, 0.1) is 21.5 Å². The third kappa shape index (κ3) is 2.90. The molecule has 1 aliphatic rings. The Hall–Kier alpha value is -2.03. The molecule has 2 aromatic heterocycles. The van der Waals surface area contributed by atoms with Gasteiger partial charge >= 0.3 is 0 Å². The van der Waals surface area contributed by atoms with Crippen LogP contribution in [0.2, 0.25) is 5.02 Å². The quantitative estimate of drug-likeness (QED) is 0.757. The topological polar surface area (TPSA) is 89.8 Å². The predicted octanol–water partition coefficient (Wildman–Crippen LogP) is 2.60. The number of hydrogen-bond acceptors (Lipinski definition) is 5. The highest BCUT2D eigenvalue weighted by Gasteiger charge is 2.29. The smallest absolute Gasteiger partial charge is 0.241 e. The summed E-state index contributed by atoms with van der Waals surface area (Å²) in [5.41, 5.74) is 0.467. The third-order valence-electron chi connectivity index (χ3n) is 4.25. The first-order chi connectivity index (χ1) is 12.0. The van der Waals surface area contributed by atoms with E-state index in [0.29, 0.717) is 34.0 Å². The number of rotatable bonds is 3. The molecular weight excluding hydrogens is 362 g/mol. The number of benzene rings is 1. The van der Waals surface area contributed by atoms with E-state index < -0.39 is 16.1 Å². The summed E-state index contributed by atoms with van der Waals surface area (Å²) < 4.78 is 30.5. The Balaban J connectivity index is 1.76. The number of nitrogens with zero attached hydrogens (tertiary/aromatic N) is 4. The average molecular weight is 378 g/mol. The van der Waals surface area contributed by atoms with Crippen LogP contribution >= 0.6 is 11.6 Å². The van der Waals surface area contributed by atoms with Crippen LogP contribution in [-0.2, 0) is 16.6 Å². The van der Waals surface area contributed by atoms with Gasteiger partial charge in [0, 0.05) is 18.1 Å². The summed E-state index contributed by atoms with van der Waals surface area (Å²) in [6.07, 6.45) is 3.11. The van der Waals surface area contributed by atoms with Crippen molar-refractivity contribution < 1.29 is 8.42 Å². The van der Waals surface area contributed by atoms with E-state index in [1.807, 2.05) is 0 Å². The lowest BCUT2D eigenvalue weighted by Gasteiger charge is -2.23. The summed E-state index contributed by atoms with van der Waals surface area (Å²) in [4.78, 5) is 8.73. The van der Waals surface area contributed by atoms with Gasteiger partial charge in [0.2, 0.25) is 10.0 Å². The van der Waals surface area contributed by atoms with Crippen molar-refractivity contribution in [2.24, 2.45) is 0 Å². The molecule has 0 amide bonds. The van der Waals surface area contributed by atoms with E-state index in [1.165, 1.54) is 6.07 Å². The summed E-state index contributed by atoms with van der Waals surface area (Å²) >= 11 is 6.14. The molecule has 1 atom stereocenters. The molecule has 0 saturated carbocycles. The second kappa shape index (κ2) is 6.05. The number of nitrogens with one attached hydrogen (secondary N) is 1. The van der Waals surface area contributed by atoms with E-state index in [0.717, 1.165) is 13.0 Å². The highest BCUT2D eigenvalue weighted by Crippen LogP contribution is 2.30. The molecule has 1 aliphatic heterocycles. The normalized spacial score (nSPS) is 17.6. The fraction of sp³-hybridized carbons (Fsp3) is 0.312. The van der Waals surface area contributed by atoms with Gasteiger partial charge in [-0.1, -0.05) is 11.6 Å². The first-order valence-electron chi connectivity index (χ1n) is 7.92. The maximum absolute atomic E-state index is 13.0. The van der Waals surface area contributed by atoms with Crippen LogP contribution in [0.15, 0.2) is 35.4 Å². The van der Waals surface area contributed by atoms with Crippen LogP contribution in [0.4, 0.5) is 0 Å². The van der Waals surface area contributed by atoms with Crippen molar-refractivity contribution in [3.8, 4) is 0 Å². The molecule has 0 bridgehead atoms. The molecule has 3 aromatic rings. The van der Waals surface area contributed by atoms with Crippen LogP contribution in [0.5, 0.6) is 0 Å². The monoisotopic (exact) mass is 377 g/mol. The Morgan fingerprint density at radius 3 is 3.00 bits per heavy atom. The Labute approximate surface area is 150 Å². The zero-order chi connectivity index (χ0) is 17.6. The number of sulfonamides is 1. The Kier molecular flexibility index (Phi) is 3.98. The van der Waals surface area contributed by atoms with Crippen molar-refractivity contribution >= 4 is 32.5 Å². The minimum Gasteiger partial charge on any atom is -0.255 e. The molecule has 1 N–H and O–H groups in total. The van der Waals surface area contributed by atoms with Crippen molar-refractivity contribution in [2.45, 2.75) is 37.2 Å². The minimum absolute atomic E-state index is 0.161. The van der Waals surface area contributed by atoms with Crippen LogP contribution in [0.1, 0.15) is 30.5 Å². The SMILES string of the molecule is Cc1nc2n(n1)CCCC2NS(=O)(=O)c1ccc(Cl)c2ncccc12. The minimum atomic E-state index is -3.77. The Morgan fingerprint density at radius 2 is 2.16 bits per heavy atom. The molecule has 0 aliphatic carbocycles. The number of aromatic nitrogens is 4. The maximum atomic E-state index is 13.0. The van der Waals surface area contributed by atoms with Gasteiger partial charge in [-0.05, 0) is 44.0 Å². The van der Waals surface area contributed by atoms with Gasteiger partial charge in [0.1, 0.15) is 11.6 Å². The van der Waals surface area contributed by atoms with Crippen LogP contribution in [0.25, 0.3) is 10.9 Å². The Bertz CT molecular complexity index is 1060. The van der Waals surface area contributed by atoms with Gasteiger partial charge in [-0.2, -0.15) is 5.10 Å². The van der Waals surface area contributed by atoms with E-state index in [2.05, 4.69) is 19.8 Å². The van der Waals surface area contributed by atoms with Crippen LogP contribution in [0.3, 0.4) is 0 Å². The molecule has 0 radical (unpaired) electrons. The molecule has 4 rings (SSSR count). The standard InChI is InChI=1S/C16H16ClN5O2S/c1-10-19-16-13(5-3-9-22(16)20-10)21-25(23,24)14-7-6-12(17)15-11(14)4-2-8-18-15/h2,4,6-8,13,21H,3,5,9H2,1H3. The summed E-state index contributed by atoms with van der Waals surface area (Å²) in [5.74, 6) is 1.30. The van der Waals surface area contributed by atoms with Crippen molar-refractivity contribution in [2.75, 3.05) is 0 Å². The first-order valence-corrected chi connectivity index (χ1v) is 9.79. The molecule has 130 valence electrons. The summed E-state index contributed by atoms with van der Waals surface area (Å²) in [6.45, 7) is 2.55. The highest BCUT2D eigenvalue weighted by molar-refractivity contribution is 7.89. The van der Waals surface area contributed by atoms with Crippen LogP contribution < -0.4 is 4.72 Å². The van der Waals surface area contributed by atoms with Gasteiger partial charge in [-0.15, -0.1) is 0 Å². The van der Waals surface area contributed by atoms with Crippen molar-refractivity contribution in [1.29, 1.82) is 0 Å². The fourth-order valence-corrected chi connectivity index (χ4v) is 4.82. The molecule has 0 spiro atoms. The molecule has 1 aromatic carbocycles. The molecule has 7 nitrogen and oxygen atoms in total. The second-order valence-corrected chi connectivity index (χ2v) is 8.09. The van der Waals surface area contributed by atoms with E-state index in [4.69, 9.17) is 11.6 Å². The zero-order valence-electron chi connectivity index (χ0n) is 13.5. The zero-order valence-corrected chi connectivity index (χ0v) is 15.0. The molecule has 25 heavy (non-hydrogen) atoms. The lowest BCUT2D eigenvalue weighted by Crippen LogP contribution is -2.33. The number of aryl methyl sites for hydroxylation is 2. The average Bonchev–Trinajstić information content (AvgIpc) is 2.96. The summed E-state index contributed by atoms with van der Waals surface area (Å²) in [7, 11) is -3.77. The molecule has 1 unspecified atom stereocenters. The number of fused-ring (bicyclic) bond motifs is 2. The molecular formula is C16H16ClN5O2S. The molecule has 3 heterocycles. The maximum Gasteiger partial charge on any atom is 0.241 e. The van der Waals surface area contributed by atoms with E-state index in [1.54, 1.807) is 36.0 Å². The summed E-state index contributed by atoms with van der Waals surface area (Å²) in [5, 5.41) is 5.22. The van der Waals surface area contributed by atoms with E-state index in [-0.39, 0.29) is 4.90 Å². The highest BCUT2D eigenvalue weighted by atomic mass is 35.5. The van der Waals surface area contributed by atoms with Crippen LogP contribution in [0, 0.1) is 6.92 Å². The van der Waals surface area contributed by atoms with Crippen molar-refractivity contribution in [3.63, 3.8) is 0 Å². The lowest BCUT2D eigenvalue weighted by atomic mass is 10.1. The third-order valence-corrected chi connectivity index (χ3v) is 6.08. The van der Waals surface area contributed by atoms with E-state index >= 15 is 0 Å². The first kappa shape index (κ1) is 16.4. The largest absolute Gasteiger partial charge is 0.255 e. The molecule has 0 fully saturated rings. The number of halogens is 1.